The topological polar surface area (TPSA) is 150 Å². The van der Waals surface area contributed by atoms with Gasteiger partial charge < -0.3 is 35.2 Å². The van der Waals surface area contributed by atoms with Gasteiger partial charge in [0.05, 0.1) is 37.0 Å². The fourth-order valence-electron chi connectivity index (χ4n) is 6.98. The molecule has 0 spiro atoms. The highest BCUT2D eigenvalue weighted by molar-refractivity contribution is 5.95. The molecule has 11 nitrogen and oxygen atoms in total. The number of fused-ring (bicyclic) bond motifs is 2. The maximum absolute atomic E-state index is 13.9. The number of carboxylic acids is 1. The van der Waals surface area contributed by atoms with Crippen LogP contribution in [0.4, 0.5) is 4.79 Å². The van der Waals surface area contributed by atoms with E-state index in [2.05, 4.69) is 17.2 Å². The zero-order valence-electron chi connectivity index (χ0n) is 26.3. The highest BCUT2D eigenvalue weighted by Crippen LogP contribution is 2.45. The van der Waals surface area contributed by atoms with Crippen molar-refractivity contribution in [2.24, 2.45) is 5.92 Å². The third-order valence-electron chi connectivity index (χ3n) is 9.68. The molecule has 7 rings (SSSR count). The Morgan fingerprint density at radius 1 is 1.06 bits per heavy atom. The molecule has 2 heterocycles. The van der Waals surface area contributed by atoms with Crippen LogP contribution in [0, 0.1) is 5.92 Å². The summed E-state index contributed by atoms with van der Waals surface area (Å²) in [6, 6.07) is 22.2. The van der Waals surface area contributed by atoms with E-state index in [1.54, 1.807) is 7.11 Å². The first kappa shape index (κ1) is 31.2. The molecule has 1 saturated carbocycles. The van der Waals surface area contributed by atoms with Crippen LogP contribution < -0.4 is 20.1 Å². The van der Waals surface area contributed by atoms with E-state index in [0.717, 1.165) is 22.1 Å². The lowest BCUT2D eigenvalue weighted by Gasteiger charge is -2.28. The molecule has 2 aliphatic carbocycles. The molecule has 0 bridgehead atoms. The summed E-state index contributed by atoms with van der Waals surface area (Å²) in [4.78, 5) is 46.2. The average molecular weight is 649 g/mol. The van der Waals surface area contributed by atoms with Crippen molar-refractivity contribution in [1.29, 1.82) is 0 Å². The minimum absolute atomic E-state index is 0.0416. The molecule has 11 heteroatoms. The molecule has 6 atom stereocenters. The summed E-state index contributed by atoms with van der Waals surface area (Å²) in [5.74, 6) is -1.02. The molecule has 1 aliphatic heterocycles. The van der Waals surface area contributed by atoms with Gasteiger partial charge in [0.25, 0.3) is 0 Å². The van der Waals surface area contributed by atoms with Crippen molar-refractivity contribution in [3.05, 3.63) is 103 Å². The fraction of sp³-hybridized carbons (Fsp3) is 0.297. The van der Waals surface area contributed by atoms with Crippen molar-refractivity contribution in [2.45, 2.75) is 49.1 Å². The van der Waals surface area contributed by atoms with Crippen LogP contribution in [0.5, 0.6) is 11.5 Å². The van der Waals surface area contributed by atoms with Crippen LogP contribution >= 0.6 is 0 Å². The lowest BCUT2D eigenvalue weighted by Crippen LogP contribution is -2.55. The average Bonchev–Trinajstić information content (AvgIpc) is 3.51. The summed E-state index contributed by atoms with van der Waals surface area (Å²) in [5, 5.41) is 27.2. The van der Waals surface area contributed by atoms with E-state index >= 15 is 0 Å². The number of hydrogen-bond acceptors (Lipinski definition) is 7. The highest BCUT2D eigenvalue weighted by atomic mass is 16.5. The van der Waals surface area contributed by atoms with Gasteiger partial charge in [0.15, 0.2) is 0 Å². The smallest absolute Gasteiger partial charge is 0.330 e. The monoisotopic (exact) mass is 648 g/mol. The number of hydrogen-bond donors (Lipinski definition) is 4. The zero-order valence-corrected chi connectivity index (χ0v) is 26.3. The van der Waals surface area contributed by atoms with Crippen LogP contribution in [0.15, 0.2) is 91.5 Å². The van der Waals surface area contributed by atoms with Gasteiger partial charge in [-0.05, 0) is 29.7 Å². The number of carboxylic acid groups (broad SMARTS) is 1. The largest absolute Gasteiger partial charge is 0.497 e. The van der Waals surface area contributed by atoms with Gasteiger partial charge in [-0.15, -0.1) is 6.58 Å². The molecule has 246 valence electrons. The molecule has 3 aromatic carbocycles. The second-order valence-electron chi connectivity index (χ2n) is 12.6. The van der Waals surface area contributed by atoms with Gasteiger partial charge >= 0.3 is 12.0 Å². The maximum atomic E-state index is 13.9. The zero-order chi connectivity index (χ0) is 33.6. The van der Waals surface area contributed by atoms with E-state index in [4.69, 9.17) is 14.5 Å². The standard InChI is InChI=1S/C37H36N4O7/c1-3-23-19-37(23,35(44)45)40-34(43)30-17-25(20-41(30)36(46)39-33-26-12-8-7-11-22(26)15-31(33)42)48-32-18-28(21-9-5-4-6-10-21)38-29-16-24(47-2)13-14-27(29)32/h3-14,16,18,23,25,30-31,33,42H,1,15,17,19-20H2,2H3,(H,39,46)(H,40,43)(H,44,45)/t23-,25-,30+,31-,33+,37-/m1/s1. The molecule has 2 fully saturated rings. The molecule has 1 saturated heterocycles. The number of aliphatic hydroxyl groups is 1. The molecule has 3 amide bonds. The van der Waals surface area contributed by atoms with Crippen LogP contribution in [0.2, 0.25) is 0 Å². The molecule has 3 aliphatic rings. The van der Waals surface area contributed by atoms with E-state index in [0.29, 0.717) is 29.1 Å². The SMILES string of the molecule is C=C[C@@H]1C[C@]1(NC(=O)[C@@H]1C[C@@H](Oc2cc(-c3ccccc3)nc3cc(OC)ccc23)CN1C(=O)N[C@H]1c2ccccc2C[C@H]1O)C(=O)O. The van der Waals surface area contributed by atoms with E-state index < -0.39 is 53.7 Å². The summed E-state index contributed by atoms with van der Waals surface area (Å²) < 4.78 is 12.0. The first-order valence-corrected chi connectivity index (χ1v) is 15.9. The van der Waals surface area contributed by atoms with Gasteiger partial charge in [0.1, 0.15) is 29.2 Å². The fourth-order valence-corrected chi connectivity index (χ4v) is 6.98. The summed E-state index contributed by atoms with van der Waals surface area (Å²) in [6.07, 6.45) is 0.782. The second-order valence-corrected chi connectivity index (χ2v) is 12.6. The van der Waals surface area contributed by atoms with Crippen molar-refractivity contribution < 1.29 is 34.1 Å². The summed E-state index contributed by atoms with van der Waals surface area (Å²) >= 11 is 0. The van der Waals surface area contributed by atoms with Crippen LogP contribution in [0.25, 0.3) is 22.2 Å². The Kier molecular flexibility index (Phi) is 8.00. The van der Waals surface area contributed by atoms with Gasteiger partial charge in [-0.3, -0.25) is 4.79 Å². The Morgan fingerprint density at radius 2 is 1.83 bits per heavy atom. The number of benzene rings is 3. The van der Waals surface area contributed by atoms with E-state index in [1.165, 1.54) is 11.0 Å². The summed E-state index contributed by atoms with van der Waals surface area (Å²) in [7, 11) is 1.58. The van der Waals surface area contributed by atoms with Crippen LogP contribution in [-0.2, 0) is 16.0 Å². The second kappa shape index (κ2) is 12.3. The first-order valence-electron chi connectivity index (χ1n) is 15.9. The third-order valence-corrected chi connectivity index (χ3v) is 9.68. The van der Waals surface area contributed by atoms with Crippen LogP contribution in [0.3, 0.4) is 0 Å². The number of carbonyl (C=O) groups excluding carboxylic acids is 2. The number of likely N-dealkylation sites (tertiary alicyclic amines) is 1. The lowest BCUT2D eigenvalue weighted by atomic mass is 10.1. The lowest BCUT2D eigenvalue weighted by molar-refractivity contribution is -0.144. The first-order chi connectivity index (χ1) is 23.2. The van der Waals surface area contributed by atoms with Gasteiger partial charge in [0.2, 0.25) is 5.91 Å². The van der Waals surface area contributed by atoms with E-state index in [1.807, 2.05) is 78.9 Å². The van der Waals surface area contributed by atoms with E-state index in [-0.39, 0.29) is 19.4 Å². The van der Waals surface area contributed by atoms with Crippen molar-refractivity contribution in [2.75, 3.05) is 13.7 Å². The third kappa shape index (κ3) is 5.60. The number of methoxy groups -OCH3 is 1. The van der Waals surface area contributed by atoms with Crippen molar-refractivity contribution in [1.82, 2.24) is 20.5 Å². The Bertz CT molecular complexity index is 1920. The highest BCUT2D eigenvalue weighted by Gasteiger charge is 2.61. The van der Waals surface area contributed by atoms with Crippen LogP contribution in [-0.4, -0.2) is 75.4 Å². The maximum Gasteiger partial charge on any atom is 0.330 e. The molecular weight excluding hydrogens is 612 g/mol. The Balaban J connectivity index is 1.20. The number of nitrogens with one attached hydrogen (secondary N) is 2. The number of amides is 3. The van der Waals surface area contributed by atoms with Crippen molar-refractivity contribution in [3.63, 3.8) is 0 Å². The van der Waals surface area contributed by atoms with Crippen molar-refractivity contribution in [3.8, 4) is 22.8 Å². The molecule has 4 N–H and O–H groups in total. The van der Waals surface area contributed by atoms with Gasteiger partial charge in [0, 0.05) is 41.8 Å². The Labute approximate surface area is 277 Å². The number of urea groups is 1. The van der Waals surface area contributed by atoms with Crippen molar-refractivity contribution >= 4 is 28.8 Å². The number of carbonyl (C=O) groups is 3. The summed E-state index contributed by atoms with van der Waals surface area (Å²) in [5.41, 5.74) is 2.49. The number of pyridine rings is 1. The summed E-state index contributed by atoms with van der Waals surface area (Å²) in [6.45, 7) is 3.75. The number of nitrogens with zero attached hydrogens (tertiary/aromatic N) is 2. The predicted molar refractivity (Wildman–Crippen MR) is 177 cm³/mol. The normalized spacial score (nSPS) is 25.6. The quantitative estimate of drug-likeness (QED) is 0.197. The molecule has 4 aromatic rings. The molecule has 48 heavy (non-hydrogen) atoms. The Hall–Kier alpha value is -5.42. The minimum atomic E-state index is -1.47. The van der Waals surface area contributed by atoms with Crippen LogP contribution in [0.1, 0.15) is 30.0 Å². The van der Waals surface area contributed by atoms with Gasteiger partial charge in [-0.1, -0.05) is 60.7 Å². The number of rotatable bonds is 9. The number of aromatic nitrogens is 1. The molecule has 1 aromatic heterocycles. The molecule has 0 radical (unpaired) electrons. The van der Waals surface area contributed by atoms with Gasteiger partial charge in [-0.2, -0.15) is 0 Å². The number of aliphatic hydroxyl groups excluding tert-OH is 1. The molecular formula is C37H36N4O7. The Morgan fingerprint density at radius 3 is 2.56 bits per heavy atom. The number of aliphatic carboxylic acids is 1. The minimum Gasteiger partial charge on any atom is -0.497 e. The predicted octanol–water partition coefficient (Wildman–Crippen LogP) is 4.25. The van der Waals surface area contributed by atoms with Gasteiger partial charge in [-0.25, -0.2) is 14.6 Å². The van der Waals surface area contributed by atoms with E-state index in [9.17, 15) is 24.6 Å². The number of ether oxygens (including phenoxy) is 2. The molecule has 0 unspecified atom stereocenters.